The number of nitro groups is 1. The maximum Gasteiger partial charge on any atom is 0.301 e. The third kappa shape index (κ3) is 3.58. The monoisotopic (exact) mass is 339 g/mol. The Morgan fingerprint density at radius 2 is 1.77 bits per heavy atom. The van der Waals surface area contributed by atoms with E-state index in [0.29, 0.717) is 5.75 Å². The molecule has 0 aromatic heterocycles. The fourth-order valence-corrected chi connectivity index (χ4v) is 3.71. The van der Waals surface area contributed by atoms with Crippen molar-refractivity contribution in [3.8, 4) is 5.75 Å². The second-order valence-electron chi connectivity index (χ2n) is 4.41. The molecule has 0 N–H and O–H groups in total. The minimum atomic E-state index is -3.68. The molecule has 0 bridgehead atoms. The Morgan fingerprint density at radius 1 is 1.14 bits per heavy atom. The Bertz CT molecular complexity index is 800. The van der Waals surface area contributed by atoms with E-state index >= 15 is 0 Å². The molecule has 8 heteroatoms. The van der Waals surface area contributed by atoms with Gasteiger partial charge < -0.3 is 4.74 Å². The molecule has 0 radical (unpaired) electrons. The van der Waals surface area contributed by atoms with E-state index in [4.69, 9.17) is 4.74 Å². The van der Waals surface area contributed by atoms with Gasteiger partial charge in [0.1, 0.15) is 10.6 Å². The Morgan fingerprint density at radius 3 is 2.27 bits per heavy atom. The molecular weight excluding hydrogens is 326 g/mol. The van der Waals surface area contributed by atoms with E-state index in [0.717, 1.165) is 22.9 Å². The van der Waals surface area contributed by atoms with Crippen molar-refractivity contribution in [3.63, 3.8) is 0 Å². The smallest absolute Gasteiger partial charge is 0.301 e. The molecule has 2 aromatic carbocycles. The van der Waals surface area contributed by atoms with E-state index in [-0.39, 0.29) is 9.79 Å². The minimum absolute atomic E-state index is 0.276. The molecule has 2 aromatic rings. The third-order valence-electron chi connectivity index (χ3n) is 2.83. The van der Waals surface area contributed by atoms with E-state index in [9.17, 15) is 18.5 Å². The average Bonchev–Trinajstić information content (AvgIpc) is 2.46. The van der Waals surface area contributed by atoms with Gasteiger partial charge in [-0.25, -0.2) is 8.42 Å². The highest BCUT2D eigenvalue weighted by molar-refractivity contribution is 7.99. The first-order valence-electron chi connectivity index (χ1n) is 6.12. The van der Waals surface area contributed by atoms with Gasteiger partial charge in [-0.15, -0.1) is 0 Å². The maximum absolute atomic E-state index is 11.7. The van der Waals surface area contributed by atoms with Crippen LogP contribution in [-0.4, -0.2) is 26.7 Å². The maximum atomic E-state index is 11.7. The van der Waals surface area contributed by atoms with Crippen molar-refractivity contribution in [1.82, 2.24) is 0 Å². The number of nitro benzene ring substituents is 1. The zero-order valence-corrected chi connectivity index (χ0v) is 13.5. The zero-order valence-electron chi connectivity index (χ0n) is 11.8. The van der Waals surface area contributed by atoms with Gasteiger partial charge in [-0.3, -0.25) is 10.1 Å². The molecule has 2 rings (SSSR count). The highest BCUT2D eigenvalue weighted by Crippen LogP contribution is 2.38. The summed E-state index contributed by atoms with van der Waals surface area (Å²) in [6.07, 6.45) is 0.956. The van der Waals surface area contributed by atoms with Crippen LogP contribution in [0.15, 0.2) is 57.2 Å². The van der Waals surface area contributed by atoms with Crippen LogP contribution in [0.2, 0.25) is 0 Å². The molecule has 0 aliphatic rings. The molecule has 0 amide bonds. The first-order chi connectivity index (χ1) is 10.3. The van der Waals surface area contributed by atoms with Gasteiger partial charge in [0.15, 0.2) is 9.84 Å². The molecule has 0 atom stereocenters. The molecule has 0 fully saturated rings. The number of ether oxygens (including phenoxy) is 1. The normalized spacial score (nSPS) is 11.2. The summed E-state index contributed by atoms with van der Waals surface area (Å²) in [5, 5.41) is 11.3. The molecule has 0 unspecified atom stereocenters. The lowest BCUT2D eigenvalue weighted by Gasteiger charge is -2.07. The van der Waals surface area contributed by atoms with Crippen molar-refractivity contribution in [3.05, 3.63) is 52.6 Å². The van der Waals surface area contributed by atoms with Crippen molar-refractivity contribution in [2.24, 2.45) is 0 Å². The average molecular weight is 339 g/mol. The van der Waals surface area contributed by atoms with Crippen LogP contribution >= 0.6 is 11.8 Å². The summed E-state index contributed by atoms with van der Waals surface area (Å²) in [4.78, 5) is 11.4. The van der Waals surface area contributed by atoms with E-state index in [1.807, 2.05) is 0 Å². The zero-order chi connectivity index (χ0) is 16.3. The highest BCUT2D eigenvalue weighted by Gasteiger charge is 2.26. The number of hydrogen-bond acceptors (Lipinski definition) is 6. The lowest BCUT2D eigenvalue weighted by atomic mass is 10.3. The number of nitrogens with zero attached hydrogens (tertiary/aromatic N) is 1. The fraction of sp³-hybridized carbons (Fsp3) is 0.143. The number of benzene rings is 2. The second-order valence-corrected chi connectivity index (χ2v) is 7.51. The number of rotatable bonds is 5. The highest BCUT2D eigenvalue weighted by atomic mass is 32.2. The second kappa shape index (κ2) is 6.37. The SMILES string of the molecule is COc1ccc(Sc2cccc(S(C)(=O)=O)c2[N+](=O)[O-])cc1. The molecular formula is C14H13NO5S2. The number of methoxy groups -OCH3 is 1. The van der Waals surface area contributed by atoms with E-state index in [1.165, 1.54) is 18.2 Å². The van der Waals surface area contributed by atoms with Crippen LogP contribution in [0.5, 0.6) is 5.75 Å². The Labute approximate surface area is 132 Å². The first-order valence-corrected chi connectivity index (χ1v) is 8.83. The Kier molecular flexibility index (Phi) is 4.72. The summed E-state index contributed by atoms with van der Waals surface area (Å²) in [6, 6.07) is 11.2. The molecule has 116 valence electrons. The molecule has 0 saturated heterocycles. The van der Waals surface area contributed by atoms with Crippen LogP contribution in [-0.2, 0) is 9.84 Å². The van der Waals surface area contributed by atoms with Crippen LogP contribution in [0.1, 0.15) is 0 Å². The third-order valence-corrected chi connectivity index (χ3v) is 5.02. The van der Waals surface area contributed by atoms with E-state index < -0.39 is 20.4 Å². The van der Waals surface area contributed by atoms with Crippen molar-refractivity contribution in [2.75, 3.05) is 13.4 Å². The molecule has 6 nitrogen and oxygen atoms in total. The van der Waals surface area contributed by atoms with Crippen molar-refractivity contribution < 1.29 is 18.1 Å². The van der Waals surface area contributed by atoms with Crippen LogP contribution in [0.4, 0.5) is 5.69 Å². The van der Waals surface area contributed by atoms with Gasteiger partial charge in [0.25, 0.3) is 0 Å². The van der Waals surface area contributed by atoms with E-state index in [2.05, 4.69) is 0 Å². The summed E-state index contributed by atoms with van der Waals surface area (Å²) in [5.41, 5.74) is -0.397. The molecule has 0 heterocycles. The fourth-order valence-electron chi connectivity index (χ4n) is 1.83. The molecule has 0 spiro atoms. The van der Waals surface area contributed by atoms with E-state index in [1.54, 1.807) is 31.4 Å². The van der Waals surface area contributed by atoms with Crippen LogP contribution in [0.3, 0.4) is 0 Å². The van der Waals surface area contributed by atoms with Gasteiger partial charge in [0, 0.05) is 11.2 Å². The largest absolute Gasteiger partial charge is 0.497 e. The van der Waals surface area contributed by atoms with Gasteiger partial charge in [0.05, 0.1) is 16.9 Å². The minimum Gasteiger partial charge on any atom is -0.497 e. The summed E-state index contributed by atoms with van der Waals surface area (Å²) in [7, 11) is -2.13. The van der Waals surface area contributed by atoms with Gasteiger partial charge in [0.2, 0.25) is 0 Å². The van der Waals surface area contributed by atoms with Gasteiger partial charge in [-0.05, 0) is 36.4 Å². The van der Waals surface area contributed by atoms with Gasteiger partial charge in [-0.1, -0.05) is 17.8 Å². The summed E-state index contributed by atoms with van der Waals surface area (Å²) >= 11 is 1.13. The quantitative estimate of drug-likeness (QED) is 0.614. The number of para-hydroxylation sites is 1. The summed E-state index contributed by atoms with van der Waals surface area (Å²) in [6.45, 7) is 0. The Hall–Kier alpha value is -2.06. The van der Waals surface area contributed by atoms with Gasteiger partial charge >= 0.3 is 5.69 Å². The predicted octanol–water partition coefficient (Wildman–Crippen LogP) is 3.16. The summed E-state index contributed by atoms with van der Waals surface area (Å²) in [5.74, 6) is 0.670. The lowest BCUT2D eigenvalue weighted by Crippen LogP contribution is -2.03. The van der Waals surface area contributed by atoms with Crippen molar-refractivity contribution in [2.45, 2.75) is 14.7 Å². The summed E-state index contributed by atoms with van der Waals surface area (Å²) < 4.78 is 28.5. The first kappa shape index (κ1) is 16.3. The topological polar surface area (TPSA) is 86.5 Å². The van der Waals surface area contributed by atoms with Crippen LogP contribution in [0, 0.1) is 10.1 Å². The number of sulfone groups is 1. The van der Waals surface area contributed by atoms with Crippen molar-refractivity contribution >= 4 is 27.3 Å². The molecule has 0 aliphatic heterocycles. The number of hydrogen-bond donors (Lipinski definition) is 0. The predicted molar refractivity (Wildman–Crippen MR) is 83.3 cm³/mol. The van der Waals surface area contributed by atoms with Crippen LogP contribution in [0.25, 0.3) is 0 Å². The molecule has 0 aliphatic carbocycles. The molecule has 22 heavy (non-hydrogen) atoms. The van der Waals surface area contributed by atoms with Crippen molar-refractivity contribution in [1.29, 1.82) is 0 Å². The van der Waals surface area contributed by atoms with Crippen LogP contribution < -0.4 is 4.74 Å². The standard InChI is InChI=1S/C14H13NO5S2/c1-20-10-6-8-11(9-7-10)21-12-4-3-5-13(22(2,18)19)14(12)15(16)17/h3-9H,1-2H3. The van der Waals surface area contributed by atoms with Gasteiger partial charge in [-0.2, -0.15) is 0 Å². The Balaban J connectivity index is 2.48. The lowest BCUT2D eigenvalue weighted by molar-refractivity contribution is -0.390. The molecule has 0 saturated carbocycles.